The minimum absolute atomic E-state index is 0.0698. The number of hydrogen-bond acceptors (Lipinski definition) is 5. The molecule has 1 saturated heterocycles. The fraction of sp³-hybridized carbons (Fsp3) is 0.467. The van der Waals surface area contributed by atoms with E-state index >= 15 is 0 Å². The first-order valence-corrected chi connectivity index (χ1v) is 7.13. The highest BCUT2D eigenvalue weighted by atomic mass is 16.5. The number of methoxy groups -OCH3 is 1. The van der Waals surface area contributed by atoms with Gasteiger partial charge in [-0.3, -0.25) is 9.69 Å². The van der Waals surface area contributed by atoms with Gasteiger partial charge in [-0.25, -0.2) is 4.68 Å². The van der Waals surface area contributed by atoms with E-state index in [0.29, 0.717) is 17.8 Å². The second-order valence-corrected chi connectivity index (χ2v) is 5.04. The Labute approximate surface area is 122 Å². The summed E-state index contributed by atoms with van der Waals surface area (Å²) in [6.07, 6.45) is 0. The van der Waals surface area contributed by atoms with Gasteiger partial charge in [0.2, 0.25) is 5.88 Å². The van der Waals surface area contributed by atoms with Gasteiger partial charge in [-0.05, 0) is 12.1 Å². The Kier molecular flexibility index (Phi) is 4.17. The molecule has 2 aromatic rings. The van der Waals surface area contributed by atoms with Gasteiger partial charge in [0, 0.05) is 19.6 Å². The highest BCUT2D eigenvalue weighted by Crippen LogP contribution is 2.19. The molecule has 1 aliphatic rings. The van der Waals surface area contributed by atoms with E-state index in [-0.39, 0.29) is 5.56 Å². The molecule has 1 aromatic heterocycles. The van der Waals surface area contributed by atoms with Crippen LogP contribution in [0.25, 0.3) is 10.8 Å². The second-order valence-electron chi connectivity index (χ2n) is 5.04. The first-order chi connectivity index (χ1) is 10.3. The predicted octanol–water partition coefficient (Wildman–Crippen LogP) is 0.737. The Hall–Kier alpha value is -1.92. The number of aromatic nitrogens is 2. The molecule has 1 aromatic carbocycles. The zero-order chi connectivity index (χ0) is 14.7. The summed E-state index contributed by atoms with van der Waals surface area (Å²) in [7, 11) is 1.57. The topological polar surface area (TPSA) is 56.6 Å². The third-order valence-corrected chi connectivity index (χ3v) is 3.76. The summed E-state index contributed by atoms with van der Waals surface area (Å²) in [5.41, 5.74) is -0.0698. The minimum atomic E-state index is -0.0698. The molecule has 0 atom stereocenters. The summed E-state index contributed by atoms with van der Waals surface area (Å²) in [6, 6.07) is 7.40. The monoisotopic (exact) mass is 289 g/mol. The Morgan fingerprint density at radius 3 is 2.62 bits per heavy atom. The molecule has 0 amide bonds. The fourth-order valence-electron chi connectivity index (χ4n) is 2.57. The van der Waals surface area contributed by atoms with Gasteiger partial charge in [-0.15, -0.1) is 5.10 Å². The first-order valence-electron chi connectivity index (χ1n) is 7.13. The molecule has 0 radical (unpaired) electrons. The van der Waals surface area contributed by atoms with Gasteiger partial charge in [-0.1, -0.05) is 12.1 Å². The van der Waals surface area contributed by atoms with E-state index < -0.39 is 0 Å². The van der Waals surface area contributed by atoms with Crippen LogP contribution in [0.5, 0.6) is 5.88 Å². The maximum atomic E-state index is 12.5. The summed E-state index contributed by atoms with van der Waals surface area (Å²) >= 11 is 0. The average molecular weight is 289 g/mol. The van der Waals surface area contributed by atoms with Gasteiger partial charge in [0.15, 0.2) is 0 Å². The van der Waals surface area contributed by atoms with Crippen molar-refractivity contribution in [1.29, 1.82) is 0 Å². The Morgan fingerprint density at radius 1 is 1.19 bits per heavy atom. The first kappa shape index (κ1) is 14.0. The van der Waals surface area contributed by atoms with Gasteiger partial charge >= 0.3 is 0 Å². The van der Waals surface area contributed by atoms with E-state index in [1.807, 2.05) is 24.3 Å². The number of fused-ring (bicyclic) bond motifs is 1. The number of morpholine rings is 1. The lowest BCUT2D eigenvalue weighted by Crippen LogP contribution is -2.39. The van der Waals surface area contributed by atoms with Crippen molar-refractivity contribution >= 4 is 10.8 Å². The van der Waals surface area contributed by atoms with Crippen LogP contribution in [0.4, 0.5) is 0 Å². The summed E-state index contributed by atoms with van der Waals surface area (Å²) in [4.78, 5) is 14.7. The van der Waals surface area contributed by atoms with Crippen LogP contribution < -0.4 is 10.3 Å². The van der Waals surface area contributed by atoms with Crippen molar-refractivity contribution in [2.24, 2.45) is 0 Å². The largest absolute Gasteiger partial charge is 0.480 e. The molecule has 6 nitrogen and oxygen atoms in total. The van der Waals surface area contributed by atoms with E-state index in [1.54, 1.807) is 7.11 Å². The van der Waals surface area contributed by atoms with Crippen molar-refractivity contribution in [3.8, 4) is 5.88 Å². The minimum Gasteiger partial charge on any atom is -0.480 e. The average Bonchev–Trinajstić information content (AvgIpc) is 2.55. The summed E-state index contributed by atoms with van der Waals surface area (Å²) < 4.78 is 12.1. The van der Waals surface area contributed by atoms with Crippen LogP contribution in [0.15, 0.2) is 29.1 Å². The van der Waals surface area contributed by atoms with Crippen molar-refractivity contribution in [2.45, 2.75) is 6.54 Å². The number of rotatable bonds is 4. The van der Waals surface area contributed by atoms with Crippen LogP contribution in [-0.2, 0) is 11.3 Å². The molecule has 0 unspecified atom stereocenters. The standard InChI is InChI=1S/C15H19N3O3/c1-20-14-12-4-2-3-5-13(12)15(19)18(16-14)7-6-17-8-10-21-11-9-17/h2-5H,6-11H2,1H3. The van der Waals surface area contributed by atoms with Gasteiger partial charge in [0.1, 0.15) is 0 Å². The molecular formula is C15H19N3O3. The van der Waals surface area contributed by atoms with E-state index in [4.69, 9.17) is 9.47 Å². The molecule has 1 aliphatic heterocycles. The number of ether oxygens (including phenoxy) is 2. The van der Waals surface area contributed by atoms with Crippen molar-refractivity contribution in [3.63, 3.8) is 0 Å². The molecular weight excluding hydrogens is 270 g/mol. The van der Waals surface area contributed by atoms with Crippen LogP contribution in [0, 0.1) is 0 Å². The van der Waals surface area contributed by atoms with Gasteiger partial charge in [0.25, 0.3) is 5.56 Å². The Morgan fingerprint density at radius 2 is 1.90 bits per heavy atom. The molecule has 3 rings (SSSR count). The van der Waals surface area contributed by atoms with Gasteiger partial charge < -0.3 is 9.47 Å². The molecule has 0 saturated carbocycles. The molecule has 112 valence electrons. The van der Waals surface area contributed by atoms with Crippen molar-refractivity contribution in [3.05, 3.63) is 34.6 Å². The van der Waals surface area contributed by atoms with Crippen molar-refractivity contribution < 1.29 is 9.47 Å². The van der Waals surface area contributed by atoms with Crippen molar-refractivity contribution in [2.75, 3.05) is 40.0 Å². The molecule has 21 heavy (non-hydrogen) atoms. The van der Waals surface area contributed by atoms with Gasteiger partial charge in [-0.2, -0.15) is 0 Å². The van der Waals surface area contributed by atoms with Crippen LogP contribution >= 0.6 is 0 Å². The molecule has 6 heteroatoms. The fourth-order valence-corrected chi connectivity index (χ4v) is 2.57. The lowest BCUT2D eigenvalue weighted by molar-refractivity contribution is 0.0357. The van der Waals surface area contributed by atoms with Gasteiger partial charge in [0.05, 0.1) is 37.6 Å². The number of hydrogen-bond donors (Lipinski definition) is 0. The smallest absolute Gasteiger partial charge is 0.274 e. The Balaban J connectivity index is 1.87. The predicted molar refractivity (Wildman–Crippen MR) is 79.8 cm³/mol. The van der Waals surface area contributed by atoms with Crippen molar-refractivity contribution in [1.82, 2.24) is 14.7 Å². The Bertz CT molecular complexity index is 677. The van der Waals surface area contributed by atoms with E-state index in [1.165, 1.54) is 4.68 Å². The second kappa shape index (κ2) is 6.24. The van der Waals surface area contributed by atoms with E-state index in [9.17, 15) is 4.79 Å². The zero-order valence-corrected chi connectivity index (χ0v) is 12.1. The number of benzene rings is 1. The quantitative estimate of drug-likeness (QED) is 0.831. The summed E-state index contributed by atoms with van der Waals surface area (Å²) in [6.45, 7) is 4.66. The third kappa shape index (κ3) is 2.91. The molecule has 0 N–H and O–H groups in total. The molecule has 0 spiro atoms. The van der Waals surface area contributed by atoms with Crippen LogP contribution in [-0.4, -0.2) is 54.6 Å². The highest BCUT2D eigenvalue weighted by Gasteiger charge is 2.13. The molecule has 2 heterocycles. The van der Waals surface area contributed by atoms with E-state index in [2.05, 4.69) is 10.00 Å². The zero-order valence-electron chi connectivity index (χ0n) is 12.1. The van der Waals surface area contributed by atoms with Crippen LogP contribution in [0.1, 0.15) is 0 Å². The normalized spacial score (nSPS) is 16.2. The van der Waals surface area contributed by atoms with E-state index in [0.717, 1.165) is 38.2 Å². The maximum Gasteiger partial charge on any atom is 0.274 e. The molecule has 0 aliphatic carbocycles. The highest BCUT2D eigenvalue weighted by molar-refractivity contribution is 5.85. The summed E-state index contributed by atoms with van der Waals surface area (Å²) in [5, 5.41) is 5.73. The lowest BCUT2D eigenvalue weighted by Gasteiger charge is -2.26. The lowest BCUT2D eigenvalue weighted by atomic mass is 10.2. The number of nitrogens with zero attached hydrogens (tertiary/aromatic N) is 3. The molecule has 1 fully saturated rings. The van der Waals surface area contributed by atoms with Crippen LogP contribution in [0.2, 0.25) is 0 Å². The summed E-state index contributed by atoms with van der Waals surface area (Å²) in [5.74, 6) is 0.493. The SMILES string of the molecule is COc1nn(CCN2CCOCC2)c(=O)c2ccccc12. The molecule has 0 bridgehead atoms. The van der Waals surface area contributed by atoms with Crippen LogP contribution in [0.3, 0.4) is 0 Å². The maximum absolute atomic E-state index is 12.5. The third-order valence-electron chi connectivity index (χ3n) is 3.76.